The Morgan fingerprint density at radius 1 is 0.875 bits per heavy atom. The molecule has 0 saturated heterocycles. The van der Waals surface area contributed by atoms with Gasteiger partial charge in [-0.1, -0.05) is 56.2 Å². The number of carboxylic acid groups (broad SMARTS) is 1. The molecular weight excluding hydrogens is 304 g/mol. The second-order valence-electron chi connectivity index (χ2n) is 6.02. The van der Waals surface area contributed by atoms with Crippen LogP contribution in [-0.2, 0) is 4.79 Å². The second kappa shape index (κ2) is 16.5. The molecule has 4 heteroatoms. The molecule has 0 fully saturated rings. The Labute approximate surface area is 146 Å². The van der Waals surface area contributed by atoms with Gasteiger partial charge in [0, 0.05) is 5.97 Å². The van der Waals surface area contributed by atoms with Gasteiger partial charge < -0.3 is 20.1 Å². The summed E-state index contributed by atoms with van der Waals surface area (Å²) >= 11 is 0. The van der Waals surface area contributed by atoms with Gasteiger partial charge in [-0.3, -0.25) is 0 Å². The SMILES string of the molecule is CCCCC/C=C\C[C@H](O)[C@@H](O)C/C=C\C/C=C\CCCC(=O)[O-]. The van der Waals surface area contributed by atoms with E-state index >= 15 is 0 Å². The number of rotatable bonds is 15. The maximum atomic E-state index is 10.2. The van der Waals surface area contributed by atoms with E-state index in [1.165, 1.54) is 19.3 Å². The summed E-state index contributed by atoms with van der Waals surface area (Å²) in [5, 5.41) is 30.0. The van der Waals surface area contributed by atoms with E-state index in [0.717, 1.165) is 19.3 Å². The fourth-order valence-corrected chi connectivity index (χ4v) is 2.17. The minimum absolute atomic E-state index is 0.0946. The van der Waals surface area contributed by atoms with Crippen LogP contribution in [0.1, 0.15) is 71.1 Å². The van der Waals surface area contributed by atoms with Crippen LogP contribution in [0.4, 0.5) is 0 Å². The van der Waals surface area contributed by atoms with Gasteiger partial charge in [0.1, 0.15) is 0 Å². The van der Waals surface area contributed by atoms with Crippen LogP contribution in [0.5, 0.6) is 0 Å². The highest BCUT2D eigenvalue weighted by Gasteiger charge is 2.12. The van der Waals surface area contributed by atoms with E-state index in [2.05, 4.69) is 13.0 Å². The quantitative estimate of drug-likeness (QED) is 0.355. The fraction of sp³-hybridized carbons (Fsp3) is 0.650. The molecule has 0 amide bonds. The van der Waals surface area contributed by atoms with Crippen LogP contribution in [0.15, 0.2) is 36.5 Å². The molecule has 2 atom stereocenters. The number of carbonyl (C=O) groups is 1. The average molecular weight is 337 g/mol. The Morgan fingerprint density at radius 2 is 1.42 bits per heavy atom. The molecule has 0 unspecified atom stereocenters. The van der Waals surface area contributed by atoms with Crippen LogP contribution in [-0.4, -0.2) is 28.4 Å². The number of aliphatic hydroxyl groups excluding tert-OH is 2. The lowest BCUT2D eigenvalue weighted by Gasteiger charge is -2.14. The van der Waals surface area contributed by atoms with Gasteiger partial charge in [-0.2, -0.15) is 0 Å². The minimum Gasteiger partial charge on any atom is -0.550 e. The summed E-state index contributed by atoms with van der Waals surface area (Å²) in [5.41, 5.74) is 0. The molecule has 24 heavy (non-hydrogen) atoms. The molecule has 0 aromatic rings. The molecule has 0 aromatic carbocycles. The molecule has 0 rings (SSSR count). The zero-order chi connectivity index (χ0) is 18.0. The van der Waals surface area contributed by atoms with Crippen LogP contribution in [0, 0.1) is 0 Å². The third-order valence-corrected chi connectivity index (χ3v) is 3.70. The Kier molecular flexibility index (Phi) is 15.5. The third kappa shape index (κ3) is 15.5. The van der Waals surface area contributed by atoms with Crippen molar-refractivity contribution in [3.05, 3.63) is 36.5 Å². The van der Waals surface area contributed by atoms with Gasteiger partial charge in [0.2, 0.25) is 0 Å². The van der Waals surface area contributed by atoms with Crippen molar-refractivity contribution in [3.63, 3.8) is 0 Å². The number of hydrogen-bond acceptors (Lipinski definition) is 4. The highest BCUT2D eigenvalue weighted by molar-refractivity contribution is 5.64. The van der Waals surface area contributed by atoms with Gasteiger partial charge in [0.05, 0.1) is 12.2 Å². The summed E-state index contributed by atoms with van der Waals surface area (Å²) in [4.78, 5) is 10.2. The zero-order valence-corrected chi connectivity index (χ0v) is 14.9. The summed E-state index contributed by atoms with van der Waals surface area (Å²) in [6.45, 7) is 2.17. The van der Waals surface area contributed by atoms with Crippen molar-refractivity contribution >= 4 is 5.97 Å². The predicted molar refractivity (Wildman–Crippen MR) is 96.3 cm³/mol. The topological polar surface area (TPSA) is 80.6 Å². The Hall–Kier alpha value is -1.39. The number of hydrogen-bond donors (Lipinski definition) is 2. The van der Waals surface area contributed by atoms with Crippen LogP contribution in [0.2, 0.25) is 0 Å². The third-order valence-electron chi connectivity index (χ3n) is 3.70. The first-order valence-corrected chi connectivity index (χ1v) is 9.08. The highest BCUT2D eigenvalue weighted by atomic mass is 16.4. The van der Waals surface area contributed by atoms with Crippen LogP contribution in [0.25, 0.3) is 0 Å². The van der Waals surface area contributed by atoms with Gasteiger partial charge in [0.15, 0.2) is 0 Å². The second-order valence-corrected chi connectivity index (χ2v) is 6.02. The Morgan fingerprint density at radius 3 is 2.04 bits per heavy atom. The average Bonchev–Trinajstić information content (AvgIpc) is 2.55. The number of allylic oxidation sites excluding steroid dienone is 4. The fourth-order valence-electron chi connectivity index (χ4n) is 2.17. The van der Waals surface area contributed by atoms with Crippen molar-refractivity contribution < 1.29 is 20.1 Å². The van der Waals surface area contributed by atoms with E-state index in [1.54, 1.807) is 0 Å². The highest BCUT2D eigenvalue weighted by Crippen LogP contribution is 2.07. The summed E-state index contributed by atoms with van der Waals surface area (Å²) in [7, 11) is 0. The number of carbonyl (C=O) groups excluding carboxylic acids is 1. The predicted octanol–water partition coefficient (Wildman–Crippen LogP) is 3.05. The number of aliphatic carboxylic acids is 1. The molecule has 0 saturated carbocycles. The summed E-state index contributed by atoms with van der Waals surface area (Å²) in [6.07, 6.45) is 18.0. The summed E-state index contributed by atoms with van der Waals surface area (Å²) < 4.78 is 0. The smallest absolute Gasteiger partial charge is 0.0836 e. The maximum absolute atomic E-state index is 10.2. The molecule has 4 nitrogen and oxygen atoms in total. The molecule has 0 aliphatic rings. The Bertz CT molecular complexity index is 385. The van der Waals surface area contributed by atoms with Gasteiger partial charge in [-0.25, -0.2) is 0 Å². The molecule has 0 bridgehead atoms. The number of carboxylic acids is 1. The van der Waals surface area contributed by atoms with Gasteiger partial charge in [-0.05, 0) is 51.4 Å². The van der Waals surface area contributed by atoms with Crippen LogP contribution < -0.4 is 5.11 Å². The molecule has 0 aliphatic carbocycles. The molecule has 0 heterocycles. The summed E-state index contributed by atoms with van der Waals surface area (Å²) in [6, 6.07) is 0. The first-order chi connectivity index (χ1) is 11.6. The standard InChI is InChI=1S/C20H34O4/c1-2-3-4-5-9-12-15-18(21)19(22)16-13-10-7-6-8-11-14-17-20(23)24/h6,8-10,12-13,18-19,21-22H,2-5,7,11,14-17H2,1H3,(H,23,24)/p-1/b8-6-,12-9-,13-10-/t18-,19-/m0/s1. The maximum Gasteiger partial charge on any atom is 0.0836 e. The van der Waals surface area contributed by atoms with Crippen LogP contribution in [0.3, 0.4) is 0 Å². The molecule has 0 radical (unpaired) electrons. The first-order valence-electron chi connectivity index (χ1n) is 9.08. The van der Waals surface area contributed by atoms with E-state index < -0.39 is 18.2 Å². The normalized spacial score (nSPS) is 14.8. The Balaban J connectivity index is 3.69. The van der Waals surface area contributed by atoms with Gasteiger partial charge >= 0.3 is 0 Å². The molecule has 2 N–H and O–H groups in total. The van der Waals surface area contributed by atoms with E-state index in [-0.39, 0.29) is 6.42 Å². The van der Waals surface area contributed by atoms with Gasteiger partial charge in [0.25, 0.3) is 0 Å². The molecule has 138 valence electrons. The van der Waals surface area contributed by atoms with E-state index in [0.29, 0.717) is 19.3 Å². The first kappa shape index (κ1) is 22.6. The largest absolute Gasteiger partial charge is 0.550 e. The van der Waals surface area contributed by atoms with Crippen molar-refractivity contribution in [3.8, 4) is 0 Å². The molecule has 0 aliphatic heterocycles. The number of aliphatic hydroxyl groups is 2. The van der Waals surface area contributed by atoms with Crippen molar-refractivity contribution in [2.24, 2.45) is 0 Å². The van der Waals surface area contributed by atoms with E-state index in [4.69, 9.17) is 0 Å². The molecule has 0 spiro atoms. The summed E-state index contributed by atoms with van der Waals surface area (Å²) in [5.74, 6) is -1.01. The van der Waals surface area contributed by atoms with Crippen molar-refractivity contribution in [1.29, 1.82) is 0 Å². The lowest BCUT2D eigenvalue weighted by Crippen LogP contribution is -2.24. The van der Waals surface area contributed by atoms with E-state index in [1.807, 2.05) is 30.4 Å². The minimum atomic E-state index is -1.01. The number of unbranched alkanes of at least 4 members (excludes halogenated alkanes) is 4. The lowest BCUT2D eigenvalue weighted by atomic mass is 10.1. The molecule has 0 aromatic heterocycles. The monoisotopic (exact) mass is 337 g/mol. The van der Waals surface area contributed by atoms with Gasteiger partial charge in [-0.15, -0.1) is 0 Å². The van der Waals surface area contributed by atoms with E-state index in [9.17, 15) is 20.1 Å². The molecular formula is C20H33O4-. The van der Waals surface area contributed by atoms with Crippen molar-refractivity contribution in [2.75, 3.05) is 0 Å². The lowest BCUT2D eigenvalue weighted by molar-refractivity contribution is -0.305. The zero-order valence-electron chi connectivity index (χ0n) is 14.9. The van der Waals surface area contributed by atoms with Crippen LogP contribution >= 0.6 is 0 Å². The van der Waals surface area contributed by atoms with Crippen molar-refractivity contribution in [2.45, 2.75) is 83.3 Å². The van der Waals surface area contributed by atoms with Crippen molar-refractivity contribution in [1.82, 2.24) is 0 Å².